The van der Waals surface area contributed by atoms with Gasteiger partial charge in [-0.3, -0.25) is 4.55 Å². The maximum Gasteiger partial charge on any atom is 0.465 e. The quantitative estimate of drug-likeness (QED) is 0.515. The van der Waals surface area contributed by atoms with Crippen LogP contribution in [0.25, 0.3) is 0 Å². The van der Waals surface area contributed by atoms with E-state index in [1.807, 2.05) is 13.8 Å². The van der Waals surface area contributed by atoms with E-state index in [0.29, 0.717) is 25.7 Å². The van der Waals surface area contributed by atoms with Crippen molar-refractivity contribution in [3.05, 3.63) is 0 Å². The molecule has 2 rings (SSSR count). The molecule has 2 aliphatic heterocycles. The fourth-order valence-electron chi connectivity index (χ4n) is 3.39. The molecule has 0 aromatic carbocycles. The molecule has 2 N–H and O–H groups in total. The highest BCUT2D eigenvalue weighted by Crippen LogP contribution is 2.45. The van der Waals surface area contributed by atoms with Crippen molar-refractivity contribution in [1.82, 2.24) is 0 Å². The average molecular weight is 372 g/mol. The first-order valence-corrected chi connectivity index (χ1v) is 9.31. The molecule has 10 heteroatoms. The number of hydrogen-bond acceptors (Lipinski definition) is 6. The third kappa shape index (κ3) is 3.56. The van der Waals surface area contributed by atoms with Crippen LogP contribution in [-0.4, -0.2) is 53.2 Å². The third-order valence-electron chi connectivity index (χ3n) is 5.07. The number of halogens is 2. The molecule has 2 bridgehead atoms. The standard InChI is InChI=1S/C14H22F2O7S/c1-3-13(18,4-2)7-8-5-10-11(6-9(8)22-10)23-12(17)14(15,16)24(19,20)21/h8-11,18H,3-7H2,1-2H3,(H,19,20,21). The number of carbonyl (C=O) groups is 1. The van der Waals surface area contributed by atoms with Gasteiger partial charge < -0.3 is 14.6 Å². The van der Waals surface area contributed by atoms with Crippen molar-refractivity contribution in [2.45, 2.75) is 75.1 Å². The first-order valence-electron chi connectivity index (χ1n) is 7.87. The van der Waals surface area contributed by atoms with Crippen LogP contribution >= 0.6 is 0 Å². The second kappa shape index (κ2) is 6.47. The Morgan fingerprint density at radius 2 is 1.83 bits per heavy atom. The zero-order valence-electron chi connectivity index (χ0n) is 13.4. The minimum atomic E-state index is -5.88. The first-order chi connectivity index (χ1) is 10.9. The van der Waals surface area contributed by atoms with Gasteiger partial charge in [-0.05, 0) is 31.6 Å². The molecule has 0 spiro atoms. The lowest BCUT2D eigenvalue weighted by atomic mass is 9.78. The molecule has 0 aromatic heterocycles. The van der Waals surface area contributed by atoms with Crippen LogP contribution < -0.4 is 0 Å². The molecule has 140 valence electrons. The van der Waals surface area contributed by atoms with Crippen molar-refractivity contribution in [3.8, 4) is 0 Å². The van der Waals surface area contributed by atoms with Crippen LogP contribution in [0, 0.1) is 5.92 Å². The second-order valence-electron chi connectivity index (χ2n) is 6.52. The topological polar surface area (TPSA) is 110 Å². The minimum Gasteiger partial charge on any atom is -0.454 e. The number of rotatable bonds is 7. The zero-order chi connectivity index (χ0) is 18.3. The van der Waals surface area contributed by atoms with E-state index in [1.165, 1.54) is 0 Å². The average Bonchev–Trinajstić information content (AvgIpc) is 3.05. The van der Waals surface area contributed by atoms with Crippen molar-refractivity contribution in [2.24, 2.45) is 5.92 Å². The Kier molecular flexibility index (Phi) is 5.25. The van der Waals surface area contributed by atoms with E-state index in [2.05, 4.69) is 4.74 Å². The molecule has 7 nitrogen and oxygen atoms in total. The lowest BCUT2D eigenvalue weighted by Gasteiger charge is -2.32. The molecule has 4 atom stereocenters. The summed E-state index contributed by atoms with van der Waals surface area (Å²) in [6, 6.07) is 0. The zero-order valence-corrected chi connectivity index (χ0v) is 14.3. The van der Waals surface area contributed by atoms with Crippen molar-refractivity contribution < 1.29 is 41.1 Å². The van der Waals surface area contributed by atoms with Crippen LogP contribution in [0.1, 0.15) is 46.0 Å². The molecule has 2 heterocycles. The van der Waals surface area contributed by atoms with E-state index < -0.39 is 39.2 Å². The summed E-state index contributed by atoms with van der Waals surface area (Å²) in [5.74, 6) is -2.28. The Hall–Kier alpha value is -0.840. The molecule has 4 unspecified atom stereocenters. The molecule has 0 radical (unpaired) electrons. The molecule has 2 saturated heterocycles. The molecule has 0 aliphatic carbocycles. The van der Waals surface area contributed by atoms with E-state index in [1.54, 1.807) is 0 Å². The maximum atomic E-state index is 13.2. The molecule has 0 aromatic rings. The Morgan fingerprint density at radius 1 is 1.25 bits per heavy atom. The fraction of sp³-hybridized carbons (Fsp3) is 0.929. The van der Waals surface area contributed by atoms with Gasteiger partial charge in [0.1, 0.15) is 6.10 Å². The van der Waals surface area contributed by atoms with Crippen LogP contribution in [0.5, 0.6) is 0 Å². The summed E-state index contributed by atoms with van der Waals surface area (Å²) < 4.78 is 66.1. The van der Waals surface area contributed by atoms with Gasteiger partial charge in [-0.1, -0.05) is 13.8 Å². The number of fused-ring (bicyclic) bond motifs is 2. The predicted molar refractivity (Wildman–Crippen MR) is 77.9 cm³/mol. The van der Waals surface area contributed by atoms with E-state index in [9.17, 15) is 27.1 Å². The number of carbonyl (C=O) groups excluding carboxylic acids is 1. The van der Waals surface area contributed by atoms with Gasteiger partial charge in [0.05, 0.1) is 17.8 Å². The van der Waals surface area contributed by atoms with Crippen LogP contribution in [0.4, 0.5) is 8.78 Å². The van der Waals surface area contributed by atoms with Gasteiger partial charge in [0.25, 0.3) is 0 Å². The second-order valence-corrected chi connectivity index (χ2v) is 7.98. The van der Waals surface area contributed by atoms with Gasteiger partial charge in [0.15, 0.2) is 0 Å². The Labute approximate surface area is 139 Å². The lowest BCUT2D eigenvalue weighted by Crippen LogP contribution is -2.43. The Morgan fingerprint density at radius 3 is 2.25 bits per heavy atom. The molecule has 0 amide bonds. The normalized spacial score (nSPS) is 30.6. The monoisotopic (exact) mass is 372 g/mol. The molecule has 2 fully saturated rings. The van der Waals surface area contributed by atoms with E-state index >= 15 is 0 Å². The Balaban J connectivity index is 1.95. The smallest absolute Gasteiger partial charge is 0.454 e. The summed E-state index contributed by atoms with van der Waals surface area (Å²) in [4.78, 5) is 11.3. The van der Waals surface area contributed by atoms with E-state index in [-0.39, 0.29) is 18.4 Å². The van der Waals surface area contributed by atoms with E-state index in [0.717, 1.165) is 0 Å². The molecule has 0 saturated carbocycles. The van der Waals surface area contributed by atoms with Crippen molar-refractivity contribution >= 4 is 16.1 Å². The van der Waals surface area contributed by atoms with Gasteiger partial charge in [0.2, 0.25) is 0 Å². The van der Waals surface area contributed by atoms with Gasteiger partial charge in [-0.2, -0.15) is 17.2 Å². The summed E-state index contributed by atoms with van der Waals surface area (Å²) in [6.07, 6.45) is 0.322. The van der Waals surface area contributed by atoms with Crippen LogP contribution in [0.3, 0.4) is 0 Å². The minimum absolute atomic E-state index is 0.0249. The summed E-state index contributed by atoms with van der Waals surface area (Å²) in [6.45, 7) is 3.75. The summed E-state index contributed by atoms with van der Waals surface area (Å²) >= 11 is 0. The van der Waals surface area contributed by atoms with Crippen molar-refractivity contribution in [1.29, 1.82) is 0 Å². The van der Waals surface area contributed by atoms with Crippen LogP contribution in [0.15, 0.2) is 0 Å². The summed E-state index contributed by atoms with van der Waals surface area (Å²) in [5.41, 5.74) is -0.817. The molecular formula is C14H22F2O7S. The number of aliphatic hydroxyl groups is 1. The highest BCUT2D eigenvalue weighted by Gasteiger charge is 2.57. The SMILES string of the molecule is CCC(O)(CC)CC1CC2OC1CC2OC(=O)C(F)(F)S(=O)(=O)O. The number of alkyl halides is 2. The van der Waals surface area contributed by atoms with Crippen molar-refractivity contribution in [2.75, 3.05) is 0 Å². The lowest BCUT2D eigenvalue weighted by molar-refractivity contribution is -0.169. The third-order valence-corrected chi connectivity index (χ3v) is 5.88. The van der Waals surface area contributed by atoms with Crippen LogP contribution in [-0.2, 0) is 24.4 Å². The summed E-state index contributed by atoms with van der Waals surface area (Å²) in [5, 5.41) is 5.39. The largest absolute Gasteiger partial charge is 0.465 e. The predicted octanol–water partition coefficient (Wildman–Crippen LogP) is 1.50. The van der Waals surface area contributed by atoms with E-state index in [4.69, 9.17) is 9.29 Å². The van der Waals surface area contributed by atoms with Gasteiger partial charge in [-0.15, -0.1) is 0 Å². The highest BCUT2D eigenvalue weighted by molar-refractivity contribution is 7.87. The van der Waals surface area contributed by atoms with Crippen LogP contribution in [0.2, 0.25) is 0 Å². The first kappa shape index (κ1) is 19.5. The van der Waals surface area contributed by atoms with Gasteiger partial charge >= 0.3 is 21.3 Å². The number of ether oxygens (including phenoxy) is 2. The molecular weight excluding hydrogens is 350 g/mol. The van der Waals surface area contributed by atoms with Gasteiger partial charge in [-0.25, -0.2) is 4.79 Å². The molecule has 2 aliphatic rings. The van der Waals surface area contributed by atoms with Gasteiger partial charge in [0, 0.05) is 6.42 Å². The Bertz CT molecular complexity index is 588. The fourth-order valence-corrected chi connectivity index (χ4v) is 3.65. The van der Waals surface area contributed by atoms with Crippen molar-refractivity contribution in [3.63, 3.8) is 0 Å². The maximum absolute atomic E-state index is 13.2. The summed E-state index contributed by atoms with van der Waals surface area (Å²) in [7, 11) is -5.88. The molecule has 24 heavy (non-hydrogen) atoms. The number of hydrogen-bond donors (Lipinski definition) is 2. The highest BCUT2D eigenvalue weighted by atomic mass is 32.2. The number of esters is 1.